The normalized spacial score (nSPS) is 10.7. The van der Waals surface area contributed by atoms with E-state index in [1.54, 1.807) is 18.5 Å². The molecule has 100 valence electrons. The van der Waals surface area contributed by atoms with Gasteiger partial charge in [-0.3, -0.25) is 10.2 Å². The molecule has 1 amide bonds. The van der Waals surface area contributed by atoms with Crippen LogP contribution in [0.25, 0.3) is 11.0 Å². The zero-order valence-corrected chi connectivity index (χ0v) is 10.8. The SMILES string of the molecule is NNC(=O)c1ccc2ncn(Cc3ccccc3)c2c1. The Morgan fingerprint density at radius 3 is 2.75 bits per heavy atom. The van der Waals surface area contributed by atoms with Crippen molar-refractivity contribution in [3.05, 3.63) is 66.0 Å². The number of rotatable bonds is 3. The fourth-order valence-electron chi connectivity index (χ4n) is 2.19. The lowest BCUT2D eigenvalue weighted by Crippen LogP contribution is -2.29. The summed E-state index contributed by atoms with van der Waals surface area (Å²) in [5.74, 6) is 4.86. The van der Waals surface area contributed by atoms with E-state index in [4.69, 9.17) is 5.84 Å². The Bertz CT molecular complexity index is 749. The number of hydrogen-bond acceptors (Lipinski definition) is 3. The van der Waals surface area contributed by atoms with E-state index in [-0.39, 0.29) is 5.91 Å². The van der Waals surface area contributed by atoms with Gasteiger partial charge in [0.1, 0.15) is 0 Å². The van der Waals surface area contributed by atoms with Crippen molar-refractivity contribution >= 4 is 16.9 Å². The third kappa shape index (κ3) is 2.26. The number of nitrogen functional groups attached to an aromatic ring is 1. The monoisotopic (exact) mass is 266 g/mol. The van der Waals surface area contributed by atoms with Crippen molar-refractivity contribution in [1.29, 1.82) is 0 Å². The van der Waals surface area contributed by atoms with Gasteiger partial charge in [-0.1, -0.05) is 30.3 Å². The maximum absolute atomic E-state index is 11.6. The molecule has 0 bridgehead atoms. The first-order valence-electron chi connectivity index (χ1n) is 6.27. The number of hydrogen-bond donors (Lipinski definition) is 2. The van der Waals surface area contributed by atoms with Crippen molar-refractivity contribution in [3.63, 3.8) is 0 Å². The van der Waals surface area contributed by atoms with E-state index in [1.807, 2.05) is 28.8 Å². The molecule has 0 aliphatic rings. The molecule has 5 heteroatoms. The minimum Gasteiger partial charge on any atom is -0.326 e. The molecule has 0 unspecified atom stereocenters. The molecule has 0 aliphatic heterocycles. The summed E-state index contributed by atoms with van der Waals surface area (Å²) in [5.41, 5.74) is 5.61. The van der Waals surface area contributed by atoms with Crippen molar-refractivity contribution in [2.75, 3.05) is 0 Å². The smallest absolute Gasteiger partial charge is 0.265 e. The average molecular weight is 266 g/mol. The minimum atomic E-state index is -0.306. The Labute approximate surface area is 116 Å². The van der Waals surface area contributed by atoms with Gasteiger partial charge in [0, 0.05) is 12.1 Å². The van der Waals surface area contributed by atoms with Gasteiger partial charge in [0.25, 0.3) is 5.91 Å². The molecular weight excluding hydrogens is 252 g/mol. The molecule has 1 heterocycles. The highest BCUT2D eigenvalue weighted by Crippen LogP contribution is 2.16. The second-order valence-corrected chi connectivity index (χ2v) is 4.54. The number of aromatic nitrogens is 2. The van der Waals surface area contributed by atoms with E-state index in [9.17, 15) is 4.79 Å². The average Bonchev–Trinajstić information content (AvgIpc) is 2.90. The lowest BCUT2D eigenvalue weighted by atomic mass is 10.2. The second kappa shape index (κ2) is 5.14. The van der Waals surface area contributed by atoms with Crippen LogP contribution in [0.4, 0.5) is 0 Å². The summed E-state index contributed by atoms with van der Waals surface area (Å²) in [6.45, 7) is 0.713. The Hall–Kier alpha value is -2.66. The number of hydrazine groups is 1. The lowest BCUT2D eigenvalue weighted by molar-refractivity contribution is 0.0954. The highest BCUT2D eigenvalue weighted by atomic mass is 16.2. The Kier molecular flexibility index (Phi) is 3.18. The summed E-state index contributed by atoms with van der Waals surface area (Å²) < 4.78 is 2.01. The van der Waals surface area contributed by atoms with Gasteiger partial charge in [0.2, 0.25) is 0 Å². The zero-order chi connectivity index (χ0) is 13.9. The first-order chi connectivity index (χ1) is 9.78. The molecule has 1 aromatic heterocycles. The number of carbonyl (C=O) groups excluding carboxylic acids is 1. The predicted octanol–water partition coefficient (Wildman–Crippen LogP) is 1.69. The van der Waals surface area contributed by atoms with Crippen LogP contribution in [0.5, 0.6) is 0 Å². The predicted molar refractivity (Wildman–Crippen MR) is 76.9 cm³/mol. The van der Waals surface area contributed by atoms with E-state index in [0.717, 1.165) is 11.0 Å². The molecule has 2 aromatic carbocycles. The van der Waals surface area contributed by atoms with Gasteiger partial charge in [-0.25, -0.2) is 10.8 Å². The molecule has 0 saturated heterocycles. The quantitative estimate of drug-likeness (QED) is 0.430. The highest BCUT2D eigenvalue weighted by Gasteiger charge is 2.08. The van der Waals surface area contributed by atoms with Crippen LogP contribution in [0.2, 0.25) is 0 Å². The Balaban J connectivity index is 2.01. The van der Waals surface area contributed by atoms with Crippen LogP contribution < -0.4 is 11.3 Å². The van der Waals surface area contributed by atoms with Crippen molar-refractivity contribution < 1.29 is 4.79 Å². The minimum absolute atomic E-state index is 0.306. The van der Waals surface area contributed by atoms with Crippen molar-refractivity contribution in [1.82, 2.24) is 15.0 Å². The van der Waals surface area contributed by atoms with Crippen molar-refractivity contribution in [2.24, 2.45) is 5.84 Å². The number of nitrogens with zero attached hydrogens (tertiary/aromatic N) is 2. The van der Waals surface area contributed by atoms with Crippen molar-refractivity contribution in [3.8, 4) is 0 Å². The molecular formula is C15H14N4O. The summed E-state index contributed by atoms with van der Waals surface area (Å²) >= 11 is 0. The first kappa shape index (κ1) is 12.4. The summed E-state index contributed by atoms with van der Waals surface area (Å²) in [5, 5.41) is 0. The van der Waals surface area contributed by atoms with Crippen LogP contribution in [-0.2, 0) is 6.54 Å². The van der Waals surface area contributed by atoms with E-state index < -0.39 is 0 Å². The maximum Gasteiger partial charge on any atom is 0.265 e. The summed E-state index contributed by atoms with van der Waals surface area (Å²) in [6, 6.07) is 15.4. The van der Waals surface area contributed by atoms with E-state index in [1.165, 1.54) is 5.56 Å². The van der Waals surface area contributed by atoms with Gasteiger partial charge in [0.15, 0.2) is 0 Å². The second-order valence-electron chi connectivity index (χ2n) is 4.54. The number of carbonyl (C=O) groups is 1. The number of imidazole rings is 1. The number of benzene rings is 2. The van der Waals surface area contributed by atoms with Gasteiger partial charge < -0.3 is 4.57 Å². The van der Waals surface area contributed by atoms with E-state index in [2.05, 4.69) is 22.5 Å². The molecule has 0 spiro atoms. The van der Waals surface area contributed by atoms with Crippen LogP contribution in [-0.4, -0.2) is 15.5 Å². The summed E-state index contributed by atoms with van der Waals surface area (Å²) in [4.78, 5) is 15.9. The molecule has 0 atom stereocenters. The molecule has 3 rings (SSSR count). The van der Waals surface area contributed by atoms with Gasteiger partial charge in [-0.2, -0.15) is 0 Å². The highest BCUT2D eigenvalue weighted by molar-refractivity contribution is 5.97. The maximum atomic E-state index is 11.6. The molecule has 0 saturated carbocycles. The molecule has 0 aliphatic carbocycles. The van der Waals surface area contributed by atoms with Crippen LogP contribution in [0.3, 0.4) is 0 Å². The van der Waals surface area contributed by atoms with Gasteiger partial charge in [-0.15, -0.1) is 0 Å². The summed E-state index contributed by atoms with van der Waals surface area (Å²) in [6.07, 6.45) is 1.78. The van der Waals surface area contributed by atoms with Gasteiger partial charge in [0.05, 0.1) is 17.4 Å². The molecule has 3 N–H and O–H groups in total. The topological polar surface area (TPSA) is 72.9 Å². The molecule has 0 radical (unpaired) electrons. The third-order valence-corrected chi connectivity index (χ3v) is 3.21. The van der Waals surface area contributed by atoms with Crippen LogP contribution in [0.1, 0.15) is 15.9 Å². The van der Waals surface area contributed by atoms with Gasteiger partial charge in [-0.05, 0) is 23.8 Å². The molecule has 20 heavy (non-hydrogen) atoms. The molecule has 3 aromatic rings. The van der Waals surface area contributed by atoms with Crippen LogP contribution in [0, 0.1) is 0 Å². The lowest BCUT2D eigenvalue weighted by Gasteiger charge is -2.05. The standard InChI is InChI=1S/C15H14N4O/c16-18-15(20)12-6-7-13-14(8-12)19(10-17-13)9-11-4-2-1-3-5-11/h1-8,10H,9,16H2,(H,18,20). The fourth-order valence-corrected chi connectivity index (χ4v) is 2.19. The van der Waals surface area contributed by atoms with Crippen molar-refractivity contribution in [2.45, 2.75) is 6.54 Å². The Morgan fingerprint density at radius 2 is 2.00 bits per heavy atom. The third-order valence-electron chi connectivity index (χ3n) is 3.21. The molecule has 5 nitrogen and oxygen atoms in total. The zero-order valence-electron chi connectivity index (χ0n) is 10.8. The Morgan fingerprint density at radius 1 is 1.20 bits per heavy atom. The van der Waals surface area contributed by atoms with Crippen LogP contribution >= 0.6 is 0 Å². The van der Waals surface area contributed by atoms with Gasteiger partial charge >= 0.3 is 0 Å². The largest absolute Gasteiger partial charge is 0.326 e. The van der Waals surface area contributed by atoms with E-state index >= 15 is 0 Å². The number of fused-ring (bicyclic) bond motifs is 1. The molecule has 0 fully saturated rings. The number of nitrogens with two attached hydrogens (primary N) is 1. The fraction of sp³-hybridized carbons (Fsp3) is 0.0667. The number of nitrogens with one attached hydrogen (secondary N) is 1. The van der Waals surface area contributed by atoms with E-state index in [0.29, 0.717) is 12.1 Å². The van der Waals surface area contributed by atoms with Crippen LogP contribution in [0.15, 0.2) is 54.9 Å². The first-order valence-corrected chi connectivity index (χ1v) is 6.27. The number of amides is 1. The summed E-state index contributed by atoms with van der Waals surface area (Å²) in [7, 11) is 0.